The number of hydrogen-bond donors (Lipinski definition) is 1. The highest BCUT2D eigenvalue weighted by atomic mass is 32.2. The molecule has 0 aromatic rings. The lowest BCUT2D eigenvalue weighted by molar-refractivity contribution is -0.432. The lowest BCUT2D eigenvalue weighted by Crippen LogP contribution is -2.48. The molecule has 0 aromatic carbocycles. The maximum Gasteiger partial charge on any atom is 0.483 e. The second-order valence-electron chi connectivity index (χ2n) is 3.59. The third-order valence-electron chi connectivity index (χ3n) is 1.90. The number of hydrogen-bond acceptors (Lipinski definition) is 5. The van der Waals surface area contributed by atoms with Crippen LogP contribution in [-0.2, 0) is 24.3 Å². The summed E-state index contributed by atoms with van der Waals surface area (Å²) >= 11 is 0. The molecule has 0 bridgehead atoms. The van der Waals surface area contributed by atoms with Crippen molar-refractivity contribution in [1.82, 2.24) is 0 Å². The van der Waals surface area contributed by atoms with Crippen molar-refractivity contribution in [2.75, 3.05) is 6.61 Å². The third kappa shape index (κ3) is 4.77. The van der Waals surface area contributed by atoms with Gasteiger partial charge in [0.25, 0.3) is 5.12 Å². The molecule has 0 aliphatic carbocycles. The van der Waals surface area contributed by atoms with Crippen molar-refractivity contribution in [2.45, 2.75) is 44.5 Å². The summed E-state index contributed by atoms with van der Waals surface area (Å²) in [6, 6.07) is 0. The van der Waals surface area contributed by atoms with E-state index in [4.69, 9.17) is 4.55 Å². The summed E-state index contributed by atoms with van der Waals surface area (Å²) in [5.74, 6) is 0. The van der Waals surface area contributed by atoms with Gasteiger partial charge in [0.1, 0.15) is 0 Å². The van der Waals surface area contributed by atoms with E-state index >= 15 is 0 Å². The molecule has 0 aromatic heterocycles. The Labute approximate surface area is 111 Å². The minimum Gasteiger partial charge on any atom is -0.336 e. The van der Waals surface area contributed by atoms with Gasteiger partial charge in [-0.3, -0.25) is 9.29 Å². The van der Waals surface area contributed by atoms with E-state index in [0.29, 0.717) is 13.8 Å². The number of alkyl halides is 5. The van der Waals surface area contributed by atoms with Gasteiger partial charge in [-0.25, -0.2) is 0 Å². The second kappa shape index (κ2) is 6.05. The minimum absolute atomic E-state index is 0.335. The molecule has 0 spiro atoms. The summed E-state index contributed by atoms with van der Waals surface area (Å²) in [7, 11) is -5.06. The molecule has 20 heavy (non-hydrogen) atoms. The van der Waals surface area contributed by atoms with Crippen LogP contribution in [0.1, 0.15) is 20.8 Å². The predicted octanol–water partition coefficient (Wildman–Crippen LogP) is 2.12. The van der Waals surface area contributed by atoms with Gasteiger partial charge in [-0.05, 0) is 13.8 Å². The molecule has 6 nitrogen and oxygen atoms in total. The standard InChI is InChI=1S/C8H13F5O6S/c1-4-17-6(3,20(14,15)16)18-5(2)19-8(12,13)7(9,10)11/h5H,4H2,1-3H3,(H,14,15,16). The molecule has 0 saturated carbocycles. The van der Waals surface area contributed by atoms with Gasteiger partial charge in [-0.15, -0.1) is 0 Å². The van der Waals surface area contributed by atoms with E-state index in [0.717, 1.165) is 0 Å². The summed E-state index contributed by atoms with van der Waals surface area (Å²) in [5.41, 5.74) is 0. The molecular formula is C8H13F5O6S. The Morgan fingerprint density at radius 2 is 1.60 bits per heavy atom. The number of rotatable bonds is 7. The van der Waals surface area contributed by atoms with Gasteiger partial charge >= 0.3 is 22.4 Å². The minimum atomic E-state index is -6.01. The molecule has 0 amide bonds. The van der Waals surface area contributed by atoms with Crippen molar-refractivity contribution in [1.29, 1.82) is 0 Å². The molecule has 0 aliphatic rings. The van der Waals surface area contributed by atoms with E-state index in [2.05, 4.69) is 14.2 Å². The maximum absolute atomic E-state index is 12.6. The van der Waals surface area contributed by atoms with Crippen LogP contribution in [0.3, 0.4) is 0 Å². The summed E-state index contributed by atoms with van der Waals surface area (Å²) in [4.78, 5) is 0. The van der Waals surface area contributed by atoms with Crippen molar-refractivity contribution >= 4 is 10.1 Å². The van der Waals surface area contributed by atoms with Gasteiger partial charge in [-0.2, -0.15) is 30.4 Å². The Morgan fingerprint density at radius 3 is 1.90 bits per heavy atom. The molecule has 0 saturated heterocycles. The lowest BCUT2D eigenvalue weighted by atomic mass is 10.6. The summed E-state index contributed by atoms with van der Waals surface area (Å²) in [6.07, 6.45) is -13.9. The highest BCUT2D eigenvalue weighted by Crippen LogP contribution is 2.38. The van der Waals surface area contributed by atoms with Crippen molar-refractivity contribution < 1.29 is 49.1 Å². The Kier molecular flexibility index (Phi) is 5.88. The molecule has 2 atom stereocenters. The predicted molar refractivity (Wildman–Crippen MR) is 54.2 cm³/mol. The maximum atomic E-state index is 12.6. The monoisotopic (exact) mass is 332 g/mol. The Balaban J connectivity index is 5.03. The van der Waals surface area contributed by atoms with Gasteiger partial charge in [-0.1, -0.05) is 0 Å². The fourth-order valence-electron chi connectivity index (χ4n) is 1.03. The average Bonchev–Trinajstić information content (AvgIpc) is 2.12. The Morgan fingerprint density at radius 1 is 1.15 bits per heavy atom. The quantitative estimate of drug-likeness (QED) is 0.437. The molecule has 2 unspecified atom stereocenters. The van der Waals surface area contributed by atoms with E-state index in [1.807, 2.05) is 0 Å². The first kappa shape index (κ1) is 19.4. The van der Waals surface area contributed by atoms with Gasteiger partial charge in [0.05, 0.1) is 0 Å². The van der Waals surface area contributed by atoms with Crippen molar-refractivity contribution in [3.63, 3.8) is 0 Å². The van der Waals surface area contributed by atoms with Crippen LogP contribution in [0.5, 0.6) is 0 Å². The zero-order valence-electron chi connectivity index (χ0n) is 10.6. The van der Waals surface area contributed by atoms with E-state index in [9.17, 15) is 30.4 Å². The van der Waals surface area contributed by atoms with Crippen molar-refractivity contribution in [2.24, 2.45) is 0 Å². The van der Waals surface area contributed by atoms with Crippen molar-refractivity contribution in [3.05, 3.63) is 0 Å². The van der Waals surface area contributed by atoms with Crippen LogP contribution >= 0.6 is 0 Å². The third-order valence-corrected chi connectivity index (χ3v) is 3.05. The second-order valence-corrected chi connectivity index (χ2v) is 5.28. The molecule has 0 aliphatic heterocycles. The Hall–Kier alpha value is -0.560. The van der Waals surface area contributed by atoms with Gasteiger partial charge in [0, 0.05) is 13.5 Å². The Bertz CT molecular complexity index is 422. The van der Waals surface area contributed by atoms with Crippen LogP contribution in [0.15, 0.2) is 0 Å². The summed E-state index contributed by atoms with van der Waals surface area (Å²) in [5, 5.41) is -2.84. The zero-order valence-corrected chi connectivity index (χ0v) is 11.4. The molecule has 12 heteroatoms. The van der Waals surface area contributed by atoms with Crippen LogP contribution < -0.4 is 0 Å². The van der Waals surface area contributed by atoms with Crippen LogP contribution in [0, 0.1) is 0 Å². The largest absolute Gasteiger partial charge is 0.483 e. The molecule has 122 valence electrons. The van der Waals surface area contributed by atoms with Gasteiger partial charge in [0.15, 0.2) is 6.29 Å². The fraction of sp³-hybridized carbons (Fsp3) is 1.00. The smallest absolute Gasteiger partial charge is 0.336 e. The number of halogens is 5. The molecule has 0 heterocycles. The first-order valence-electron chi connectivity index (χ1n) is 5.07. The number of ether oxygens (including phenoxy) is 3. The zero-order chi connectivity index (χ0) is 16.4. The first-order valence-corrected chi connectivity index (χ1v) is 6.51. The van der Waals surface area contributed by atoms with Crippen molar-refractivity contribution in [3.8, 4) is 0 Å². The SMILES string of the molecule is CCOC(C)(OC(C)OC(F)(F)C(F)(F)F)S(=O)(=O)O. The molecule has 0 rings (SSSR count). The fourth-order valence-corrected chi connectivity index (χ4v) is 1.56. The highest BCUT2D eigenvalue weighted by Gasteiger charge is 2.61. The lowest BCUT2D eigenvalue weighted by Gasteiger charge is -2.31. The highest BCUT2D eigenvalue weighted by molar-refractivity contribution is 7.86. The molecule has 0 radical (unpaired) electrons. The van der Waals surface area contributed by atoms with Crippen LogP contribution in [0.4, 0.5) is 22.0 Å². The van der Waals surface area contributed by atoms with Crippen LogP contribution in [0.2, 0.25) is 0 Å². The summed E-state index contributed by atoms with van der Waals surface area (Å²) < 4.78 is 104. The molecule has 1 N–H and O–H groups in total. The van der Waals surface area contributed by atoms with E-state index in [-0.39, 0.29) is 6.61 Å². The molecule has 0 fully saturated rings. The topological polar surface area (TPSA) is 82.1 Å². The van der Waals surface area contributed by atoms with Gasteiger partial charge in [0.2, 0.25) is 0 Å². The van der Waals surface area contributed by atoms with E-state index < -0.39 is 33.8 Å². The average molecular weight is 332 g/mol. The van der Waals surface area contributed by atoms with Crippen LogP contribution in [0.25, 0.3) is 0 Å². The van der Waals surface area contributed by atoms with Gasteiger partial charge < -0.3 is 9.47 Å². The van der Waals surface area contributed by atoms with E-state index in [1.54, 1.807) is 0 Å². The van der Waals surface area contributed by atoms with Crippen LogP contribution in [-0.4, -0.2) is 43.3 Å². The molecular weight excluding hydrogens is 319 g/mol. The van der Waals surface area contributed by atoms with E-state index in [1.165, 1.54) is 6.92 Å². The first-order chi connectivity index (χ1) is 8.66. The normalized spacial score (nSPS) is 18.6. The summed E-state index contributed by atoms with van der Waals surface area (Å²) in [6.45, 7) is 2.15.